The Hall–Kier alpha value is -1.61. The zero-order chi connectivity index (χ0) is 13.5. The second-order valence-electron chi connectivity index (χ2n) is 4.82. The first-order chi connectivity index (χ1) is 9.31. The summed E-state index contributed by atoms with van der Waals surface area (Å²) in [5.74, 6) is 0.924. The Morgan fingerprint density at radius 1 is 1.26 bits per heavy atom. The number of nitrogens with zero attached hydrogens (tertiary/aromatic N) is 1. The molecule has 3 nitrogen and oxygen atoms in total. The van der Waals surface area contributed by atoms with Crippen molar-refractivity contribution in [3.8, 4) is 5.75 Å². The Bertz CT molecular complexity index is 508. The van der Waals surface area contributed by atoms with Crippen LogP contribution in [0.15, 0.2) is 36.5 Å². The molecule has 0 spiro atoms. The molecule has 0 fully saturated rings. The molecule has 0 amide bonds. The van der Waals surface area contributed by atoms with E-state index in [4.69, 9.17) is 4.74 Å². The summed E-state index contributed by atoms with van der Waals surface area (Å²) in [4.78, 5) is 4.33. The van der Waals surface area contributed by atoms with Crippen LogP contribution in [0, 0.1) is 0 Å². The highest BCUT2D eigenvalue weighted by Gasteiger charge is 2.04. The largest absolute Gasteiger partial charge is 0.493 e. The number of fused-ring (bicyclic) bond motifs is 1. The molecule has 1 aromatic heterocycles. The van der Waals surface area contributed by atoms with Crippen LogP contribution in [0.5, 0.6) is 5.75 Å². The fourth-order valence-electron chi connectivity index (χ4n) is 2.04. The number of pyridine rings is 1. The first kappa shape index (κ1) is 13.8. The number of benzene rings is 1. The van der Waals surface area contributed by atoms with Gasteiger partial charge in [-0.15, -0.1) is 0 Å². The summed E-state index contributed by atoms with van der Waals surface area (Å²) in [6.07, 6.45) is 3.99. The average molecular weight is 258 g/mol. The van der Waals surface area contributed by atoms with E-state index in [-0.39, 0.29) is 0 Å². The van der Waals surface area contributed by atoms with Crippen molar-refractivity contribution in [2.24, 2.45) is 0 Å². The molecule has 0 saturated carbocycles. The first-order valence-electron chi connectivity index (χ1n) is 7.01. The van der Waals surface area contributed by atoms with Crippen LogP contribution in [0.4, 0.5) is 0 Å². The molecular formula is C16H22N2O. The zero-order valence-corrected chi connectivity index (χ0v) is 11.7. The molecule has 1 heterocycles. The molecule has 3 heteroatoms. The van der Waals surface area contributed by atoms with E-state index < -0.39 is 0 Å². The zero-order valence-electron chi connectivity index (χ0n) is 11.7. The molecule has 0 bridgehead atoms. The first-order valence-corrected chi connectivity index (χ1v) is 7.01. The highest BCUT2D eigenvalue weighted by atomic mass is 16.5. The van der Waals surface area contributed by atoms with E-state index in [1.807, 2.05) is 30.5 Å². The van der Waals surface area contributed by atoms with Crippen molar-refractivity contribution in [2.45, 2.75) is 32.7 Å². The Morgan fingerprint density at radius 2 is 2.16 bits per heavy atom. The lowest BCUT2D eigenvalue weighted by Gasteiger charge is -2.14. The summed E-state index contributed by atoms with van der Waals surface area (Å²) in [6, 6.07) is 10.5. The molecule has 2 rings (SSSR count). The third-order valence-corrected chi connectivity index (χ3v) is 3.16. The molecule has 0 saturated heterocycles. The normalized spacial score (nSPS) is 12.5. The second-order valence-corrected chi connectivity index (χ2v) is 4.82. The molecule has 1 aromatic carbocycles. The quantitative estimate of drug-likeness (QED) is 0.826. The van der Waals surface area contributed by atoms with Crippen LogP contribution in [0.2, 0.25) is 0 Å². The molecule has 1 N–H and O–H groups in total. The fourth-order valence-corrected chi connectivity index (χ4v) is 2.04. The number of hydrogen-bond acceptors (Lipinski definition) is 3. The van der Waals surface area contributed by atoms with Crippen molar-refractivity contribution < 1.29 is 4.74 Å². The van der Waals surface area contributed by atoms with Gasteiger partial charge in [-0.1, -0.05) is 13.0 Å². The monoisotopic (exact) mass is 258 g/mol. The highest BCUT2D eigenvalue weighted by molar-refractivity contribution is 5.84. The number of rotatable bonds is 7. The van der Waals surface area contributed by atoms with Gasteiger partial charge in [-0.25, -0.2) is 0 Å². The van der Waals surface area contributed by atoms with Gasteiger partial charge < -0.3 is 10.1 Å². The smallest absolute Gasteiger partial charge is 0.128 e. The summed E-state index contributed by atoms with van der Waals surface area (Å²) >= 11 is 0. The molecule has 2 aromatic rings. The van der Waals surface area contributed by atoms with Crippen molar-refractivity contribution in [3.05, 3.63) is 36.5 Å². The van der Waals surface area contributed by atoms with Crippen molar-refractivity contribution in [1.82, 2.24) is 10.3 Å². The number of hydrogen-bond donors (Lipinski definition) is 1. The minimum absolute atomic E-state index is 0.494. The summed E-state index contributed by atoms with van der Waals surface area (Å²) in [7, 11) is 0. The van der Waals surface area contributed by atoms with Crippen LogP contribution in [0.1, 0.15) is 26.7 Å². The van der Waals surface area contributed by atoms with Crippen LogP contribution in [-0.4, -0.2) is 24.2 Å². The van der Waals surface area contributed by atoms with Crippen molar-refractivity contribution in [2.75, 3.05) is 13.2 Å². The van der Waals surface area contributed by atoms with E-state index in [1.165, 1.54) is 6.42 Å². The van der Waals surface area contributed by atoms with Crippen LogP contribution >= 0.6 is 0 Å². The minimum Gasteiger partial charge on any atom is -0.493 e. The number of nitrogens with one attached hydrogen (secondary N) is 1. The van der Waals surface area contributed by atoms with E-state index in [2.05, 4.69) is 30.2 Å². The summed E-state index contributed by atoms with van der Waals surface area (Å²) < 4.78 is 5.89. The van der Waals surface area contributed by atoms with Gasteiger partial charge in [0.2, 0.25) is 0 Å². The van der Waals surface area contributed by atoms with Gasteiger partial charge in [0, 0.05) is 17.6 Å². The van der Waals surface area contributed by atoms with Crippen LogP contribution < -0.4 is 10.1 Å². The van der Waals surface area contributed by atoms with E-state index >= 15 is 0 Å². The predicted molar refractivity (Wildman–Crippen MR) is 79.6 cm³/mol. The van der Waals surface area contributed by atoms with Crippen molar-refractivity contribution in [1.29, 1.82) is 0 Å². The molecule has 1 unspecified atom stereocenters. The predicted octanol–water partition coefficient (Wildman–Crippen LogP) is 3.39. The van der Waals surface area contributed by atoms with Crippen LogP contribution in [0.25, 0.3) is 10.9 Å². The van der Waals surface area contributed by atoms with Gasteiger partial charge in [-0.3, -0.25) is 4.98 Å². The molecule has 0 aliphatic heterocycles. The maximum Gasteiger partial charge on any atom is 0.128 e. The fraction of sp³-hybridized carbons (Fsp3) is 0.438. The lowest BCUT2D eigenvalue weighted by atomic mass is 10.2. The third-order valence-electron chi connectivity index (χ3n) is 3.16. The van der Waals surface area contributed by atoms with Crippen LogP contribution in [-0.2, 0) is 0 Å². The Balaban J connectivity index is 1.91. The molecule has 0 aliphatic rings. The van der Waals surface area contributed by atoms with E-state index in [0.717, 1.165) is 36.2 Å². The SMILES string of the molecule is CCCNC(C)CCOc1cccc2ncccc12. The summed E-state index contributed by atoms with van der Waals surface area (Å²) in [5, 5.41) is 4.55. The molecular weight excluding hydrogens is 236 g/mol. The third kappa shape index (κ3) is 3.93. The average Bonchev–Trinajstić information content (AvgIpc) is 2.45. The molecule has 0 radical (unpaired) electrons. The maximum atomic E-state index is 5.89. The second kappa shape index (κ2) is 7.10. The standard InChI is InChI=1S/C16H22N2O/c1-3-10-17-13(2)9-12-19-16-8-4-7-15-14(16)6-5-11-18-15/h4-8,11,13,17H,3,9-10,12H2,1-2H3. The van der Waals surface area contributed by atoms with E-state index in [0.29, 0.717) is 6.04 Å². The van der Waals surface area contributed by atoms with Crippen molar-refractivity contribution in [3.63, 3.8) is 0 Å². The van der Waals surface area contributed by atoms with E-state index in [1.54, 1.807) is 0 Å². The Labute approximate surface area is 115 Å². The summed E-state index contributed by atoms with van der Waals surface area (Å²) in [5.41, 5.74) is 0.983. The van der Waals surface area contributed by atoms with Gasteiger partial charge in [-0.2, -0.15) is 0 Å². The van der Waals surface area contributed by atoms with Gasteiger partial charge in [-0.05, 0) is 50.6 Å². The van der Waals surface area contributed by atoms with Gasteiger partial charge in [0.1, 0.15) is 5.75 Å². The number of aromatic nitrogens is 1. The van der Waals surface area contributed by atoms with Gasteiger partial charge in [0.05, 0.1) is 12.1 Å². The molecule has 0 aliphatic carbocycles. The lowest BCUT2D eigenvalue weighted by Crippen LogP contribution is -2.28. The lowest BCUT2D eigenvalue weighted by molar-refractivity contribution is 0.293. The van der Waals surface area contributed by atoms with Crippen LogP contribution in [0.3, 0.4) is 0 Å². The Morgan fingerprint density at radius 3 is 3.00 bits per heavy atom. The van der Waals surface area contributed by atoms with E-state index in [9.17, 15) is 0 Å². The van der Waals surface area contributed by atoms with Crippen molar-refractivity contribution >= 4 is 10.9 Å². The summed E-state index contributed by atoms with van der Waals surface area (Å²) in [6.45, 7) is 6.17. The molecule has 19 heavy (non-hydrogen) atoms. The Kier molecular flexibility index (Phi) is 5.16. The van der Waals surface area contributed by atoms with Gasteiger partial charge >= 0.3 is 0 Å². The molecule has 102 valence electrons. The van der Waals surface area contributed by atoms with Gasteiger partial charge in [0.15, 0.2) is 0 Å². The maximum absolute atomic E-state index is 5.89. The number of ether oxygens (including phenoxy) is 1. The molecule has 1 atom stereocenters. The van der Waals surface area contributed by atoms with Gasteiger partial charge in [0.25, 0.3) is 0 Å². The minimum atomic E-state index is 0.494. The highest BCUT2D eigenvalue weighted by Crippen LogP contribution is 2.23. The topological polar surface area (TPSA) is 34.1 Å².